The molecular weight excluding hydrogens is 200 g/mol. The fourth-order valence-electron chi connectivity index (χ4n) is 1.35. The normalized spacial score (nSPS) is 16.1. The second-order valence-corrected chi connectivity index (χ2v) is 3.15. The summed E-state index contributed by atoms with van der Waals surface area (Å²) in [5.74, 6) is -1.44. The highest BCUT2D eigenvalue weighted by Crippen LogP contribution is 2.00. The summed E-state index contributed by atoms with van der Waals surface area (Å²) in [4.78, 5) is 35.9. The minimum absolute atomic E-state index is 0.193. The summed E-state index contributed by atoms with van der Waals surface area (Å²) in [6.45, 7) is 3.55. The number of esters is 1. The largest absolute Gasteiger partial charge is 0.459 e. The summed E-state index contributed by atoms with van der Waals surface area (Å²) in [5.41, 5.74) is 0. The van der Waals surface area contributed by atoms with E-state index in [-0.39, 0.29) is 6.61 Å². The van der Waals surface area contributed by atoms with Gasteiger partial charge in [-0.25, -0.2) is 4.79 Å². The van der Waals surface area contributed by atoms with Crippen LogP contribution in [0.1, 0.15) is 6.92 Å². The van der Waals surface area contributed by atoms with Gasteiger partial charge in [-0.3, -0.25) is 9.59 Å². The first kappa shape index (κ1) is 11.5. The lowest BCUT2D eigenvalue weighted by molar-refractivity contribution is -0.160. The molecule has 0 radical (unpaired) electrons. The SMILES string of the molecule is CCOC(=O)C(=O)N1CCN(C=O)CC1. The van der Waals surface area contributed by atoms with Gasteiger partial charge in [0.05, 0.1) is 6.61 Å². The zero-order valence-electron chi connectivity index (χ0n) is 8.64. The third-order valence-corrected chi connectivity index (χ3v) is 2.20. The van der Waals surface area contributed by atoms with Crippen LogP contribution >= 0.6 is 0 Å². The topological polar surface area (TPSA) is 66.9 Å². The molecular formula is C9H14N2O4. The van der Waals surface area contributed by atoms with Crippen LogP contribution in [0.3, 0.4) is 0 Å². The monoisotopic (exact) mass is 214 g/mol. The predicted octanol–water partition coefficient (Wildman–Crippen LogP) is -1.15. The van der Waals surface area contributed by atoms with Crippen LogP contribution in [0.2, 0.25) is 0 Å². The van der Waals surface area contributed by atoms with E-state index in [1.54, 1.807) is 11.8 Å². The Kier molecular flexibility index (Phi) is 4.08. The van der Waals surface area contributed by atoms with Gasteiger partial charge in [0, 0.05) is 26.2 Å². The molecule has 1 fully saturated rings. The molecule has 6 heteroatoms. The number of ether oxygens (including phenoxy) is 1. The van der Waals surface area contributed by atoms with Gasteiger partial charge in [0.2, 0.25) is 6.41 Å². The maximum Gasteiger partial charge on any atom is 0.397 e. The zero-order valence-corrected chi connectivity index (χ0v) is 8.64. The van der Waals surface area contributed by atoms with Gasteiger partial charge < -0.3 is 14.5 Å². The molecule has 1 aliphatic heterocycles. The van der Waals surface area contributed by atoms with E-state index < -0.39 is 11.9 Å². The molecule has 0 unspecified atom stereocenters. The number of hydrogen-bond donors (Lipinski definition) is 0. The molecule has 15 heavy (non-hydrogen) atoms. The molecule has 0 aliphatic carbocycles. The minimum atomic E-state index is -0.822. The van der Waals surface area contributed by atoms with Crippen molar-refractivity contribution in [2.75, 3.05) is 32.8 Å². The maximum absolute atomic E-state index is 11.4. The van der Waals surface area contributed by atoms with Crippen molar-refractivity contribution < 1.29 is 19.1 Å². The Hall–Kier alpha value is -1.59. The number of rotatable bonds is 2. The highest BCUT2D eigenvalue weighted by Gasteiger charge is 2.26. The third kappa shape index (κ3) is 2.93. The van der Waals surface area contributed by atoms with Crippen LogP contribution in [0.5, 0.6) is 0 Å². The lowest BCUT2D eigenvalue weighted by Gasteiger charge is -2.31. The van der Waals surface area contributed by atoms with Crippen LogP contribution < -0.4 is 0 Å². The fraction of sp³-hybridized carbons (Fsp3) is 0.667. The number of piperazine rings is 1. The first-order chi connectivity index (χ1) is 7.19. The molecule has 0 spiro atoms. The van der Waals surface area contributed by atoms with Crippen LogP contribution in [0.15, 0.2) is 0 Å². The molecule has 0 N–H and O–H groups in total. The van der Waals surface area contributed by atoms with Crippen molar-refractivity contribution in [3.63, 3.8) is 0 Å². The van der Waals surface area contributed by atoms with E-state index in [2.05, 4.69) is 4.74 Å². The number of carbonyl (C=O) groups is 3. The summed E-state index contributed by atoms with van der Waals surface area (Å²) in [6, 6.07) is 0. The molecule has 0 bridgehead atoms. The van der Waals surface area contributed by atoms with Crippen molar-refractivity contribution in [2.24, 2.45) is 0 Å². The van der Waals surface area contributed by atoms with Gasteiger partial charge in [0.25, 0.3) is 0 Å². The van der Waals surface area contributed by atoms with Crippen LogP contribution in [0.25, 0.3) is 0 Å². The number of hydrogen-bond acceptors (Lipinski definition) is 4. The van der Waals surface area contributed by atoms with Gasteiger partial charge in [-0.2, -0.15) is 0 Å². The minimum Gasteiger partial charge on any atom is -0.459 e. The standard InChI is InChI=1S/C9H14N2O4/c1-2-15-9(14)8(13)11-5-3-10(7-12)4-6-11/h7H,2-6H2,1H3. The number of nitrogens with zero attached hydrogens (tertiary/aromatic N) is 2. The Morgan fingerprint density at radius 2 is 1.87 bits per heavy atom. The van der Waals surface area contributed by atoms with Gasteiger partial charge in [0.15, 0.2) is 0 Å². The zero-order chi connectivity index (χ0) is 11.3. The van der Waals surface area contributed by atoms with E-state index >= 15 is 0 Å². The second-order valence-electron chi connectivity index (χ2n) is 3.15. The summed E-state index contributed by atoms with van der Waals surface area (Å²) < 4.78 is 4.60. The van der Waals surface area contributed by atoms with Crippen LogP contribution in [-0.2, 0) is 19.1 Å². The average Bonchev–Trinajstić information content (AvgIpc) is 2.28. The Balaban J connectivity index is 2.42. The van der Waals surface area contributed by atoms with Crippen molar-refractivity contribution in [3.8, 4) is 0 Å². The highest BCUT2D eigenvalue weighted by molar-refractivity contribution is 6.32. The van der Waals surface area contributed by atoms with E-state index in [0.717, 1.165) is 6.41 Å². The van der Waals surface area contributed by atoms with Gasteiger partial charge in [-0.1, -0.05) is 0 Å². The van der Waals surface area contributed by atoms with Crippen LogP contribution in [0.4, 0.5) is 0 Å². The summed E-state index contributed by atoms with van der Waals surface area (Å²) in [5, 5.41) is 0. The smallest absolute Gasteiger partial charge is 0.397 e. The number of carbonyl (C=O) groups excluding carboxylic acids is 3. The van der Waals surface area contributed by atoms with Crippen LogP contribution in [0, 0.1) is 0 Å². The average molecular weight is 214 g/mol. The molecule has 1 rings (SSSR count). The van der Waals surface area contributed by atoms with Crippen molar-refractivity contribution in [2.45, 2.75) is 6.92 Å². The first-order valence-electron chi connectivity index (χ1n) is 4.84. The quantitative estimate of drug-likeness (QED) is 0.331. The molecule has 0 aromatic rings. The van der Waals surface area contributed by atoms with E-state index in [4.69, 9.17) is 0 Å². The molecule has 1 heterocycles. The first-order valence-corrected chi connectivity index (χ1v) is 4.84. The van der Waals surface area contributed by atoms with E-state index in [9.17, 15) is 14.4 Å². The highest BCUT2D eigenvalue weighted by atomic mass is 16.5. The second kappa shape index (κ2) is 5.33. The molecule has 6 nitrogen and oxygen atoms in total. The molecule has 0 aromatic carbocycles. The predicted molar refractivity (Wildman–Crippen MR) is 50.9 cm³/mol. The van der Waals surface area contributed by atoms with E-state index in [1.165, 1.54) is 4.90 Å². The summed E-state index contributed by atoms with van der Waals surface area (Å²) in [7, 11) is 0. The lowest BCUT2D eigenvalue weighted by atomic mass is 10.3. The van der Waals surface area contributed by atoms with Crippen molar-refractivity contribution in [3.05, 3.63) is 0 Å². The Morgan fingerprint density at radius 3 is 2.33 bits per heavy atom. The summed E-state index contributed by atoms with van der Waals surface area (Å²) in [6.07, 6.45) is 0.742. The number of amides is 2. The van der Waals surface area contributed by atoms with E-state index in [0.29, 0.717) is 26.2 Å². The van der Waals surface area contributed by atoms with Gasteiger partial charge in [-0.15, -0.1) is 0 Å². The van der Waals surface area contributed by atoms with Gasteiger partial charge in [-0.05, 0) is 6.92 Å². The van der Waals surface area contributed by atoms with Gasteiger partial charge >= 0.3 is 11.9 Å². The Labute approximate surface area is 87.8 Å². The molecule has 84 valence electrons. The maximum atomic E-state index is 11.4. The van der Waals surface area contributed by atoms with Crippen LogP contribution in [-0.4, -0.2) is 60.9 Å². The molecule has 2 amide bonds. The van der Waals surface area contributed by atoms with E-state index in [1.807, 2.05) is 0 Å². The third-order valence-electron chi connectivity index (χ3n) is 2.20. The Bertz CT molecular complexity index is 259. The molecule has 0 saturated carbocycles. The molecule has 1 saturated heterocycles. The molecule has 0 aromatic heterocycles. The molecule has 1 aliphatic rings. The van der Waals surface area contributed by atoms with Crippen molar-refractivity contribution in [1.82, 2.24) is 9.80 Å². The lowest BCUT2D eigenvalue weighted by Crippen LogP contribution is -2.50. The van der Waals surface area contributed by atoms with Crippen molar-refractivity contribution in [1.29, 1.82) is 0 Å². The summed E-state index contributed by atoms with van der Waals surface area (Å²) >= 11 is 0. The van der Waals surface area contributed by atoms with Gasteiger partial charge in [0.1, 0.15) is 0 Å². The molecule has 0 atom stereocenters. The Morgan fingerprint density at radius 1 is 1.27 bits per heavy atom. The fourth-order valence-corrected chi connectivity index (χ4v) is 1.35. The van der Waals surface area contributed by atoms with Crippen molar-refractivity contribution >= 4 is 18.3 Å².